The Hall–Kier alpha value is -3.11. The molecular weight excluding hydrogens is 366 g/mol. The largest absolute Gasteiger partial charge is 0.453 e. The fraction of sp³-hybridized carbons (Fsp3) is 0.438. The van der Waals surface area contributed by atoms with Crippen molar-refractivity contribution in [3.8, 4) is 11.4 Å². The molecule has 2 heterocycles. The summed E-state index contributed by atoms with van der Waals surface area (Å²) in [5.74, 6) is -2.63. The van der Waals surface area contributed by atoms with Crippen molar-refractivity contribution < 1.29 is 27.8 Å². The molecule has 2 aromatic rings. The zero-order valence-electron chi connectivity index (χ0n) is 14.6. The van der Waals surface area contributed by atoms with Gasteiger partial charge in [0.2, 0.25) is 17.5 Å². The Bertz CT molecular complexity index is 901. The number of benzene rings is 1. The number of carbonyl (C=O) groups excluding carboxylic acids is 1. The van der Waals surface area contributed by atoms with Crippen LogP contribution in [-0.4, -0.2) is 46.3 Å². The van der Waals surface area contributed by atoms with Crippen molar-refractivity contribution in [2.45, 2.75) is 25.7 Å². The van der Waals surface area contributed by atoms with E-state index >= 15 is 0 Å². The fourth-order valence-corrected chi connectivity index (χ4v) is 3.07. The summed E-state index contributed by atoms with van der Waals surface area (Å²) >= 11 is 0. The van der Waals surface area contributed by atoms with Crippen LogP contribution in [0.25, 0.3) is 11.4 Å². The Kier molecular flexibility index (Phi) is 5.02. The van der Waals surface area contributed by atoms with Crippen molar-refractivity contribution >= 4 is 11.8 Å². The molecule has 1 amide bonds. The first-order valence-electron chi connectivity index (χ1n) is 8.13. The number of ether oxygens (including phenoxy) is 1. The minimum absolute atomic E-state index is 0.140. The van der Waals surface area contributed by atoms with Gasteiger partial charge in [-0.3, -0.25) is 10.1 Å². The third-order valence-electron chi connectivity index (χ3n) is 4.50. The van der Waals surface area contributed by atoms with Crippen molar-refractivity contribution in [3.63, 3.8) is 0 Å². The van der Waals surface area contributed by atoms with Gasteiger partial charge in [0.25, 0.3) is 0 Å². The maximum Gasteiger partial charge on any atom is 0.409 e. The third kappa shape index (κ3) is 3.44. The highest BCUT2D eigenvalue weighted by Gasteiger charge is 2.31. The lowest BCUT2D eigenvalue weighted by molar-refractivity contribution is -0.388. The number of rotatable bonds is 3. The average molecular weight is 382 g/mol. The molecule has 1 aromatic carbocycles. The first-order valence-corrected chi connectivity index (χ1v) is 8.13. The van der Waals surface area contributed by atoms with Crippen molar-refractivity contribution in [2.24, 2.45) is 0 Å². The van der Waals surface area contributed by atoms with Crippen molar-refractivity contribution in [3.05, 3.63) is 39.3 Å². The molecule has 0 aliphatic carbocycles. The summed E-state index contributed by atoms with van der Waals surface area (Å²) in [6.07, 6.45) is 0.845. The molecule has 1 aliphatic heterocycles. The quantitative estimate of drug-likeness (QED) is 0.592. The first-order chi connectivity index (χ1) is 12.8. The second-order valence-corrected chi connectivity index (χ2v) is 6.16. The molecule has 0 saturated carbocycles. The van der Waals surface area contributed by atoms with E-state index in [0.717, 1.165) is 13.0 Å². The molecule has 27 heavy (non-hydrogen) atoms. The number of amides is 1. The highest BCUT2D eigenvalue weighted by molar-refractivity contribution is 5.67. The van der Waals surface area contributed by atoms with Crippen molar-refractivity contribution in [2.75, 3.05) is 20.2 Å². The summed E-state index contributed by atoms with van der Waals surface area (Å²) in [6.45, 7) is 1.92. The van der Waals surface area contributed by atoms with Crippen LogP contribution in [-0.2, 0) is 4.74 Å². The van der Waals surface area contributed by atoms with E-state index in [1.165, 1.54) is 12.0 Å². The lowest BCUT2D eigenvalue weighted by atomic mass is 9.98. The van der Waals surface area contributed by atoms with Crippen molar-refractivity contribution in [1.29, 1.82) is 0 Å². The summed E-state index contributed by atoms with van der Waals surface area (Å²) in [5.41, 5.74) is -1.84. The van der Waals surface area contributed by atoms with E-state index in [1.54, 1.807) is 0 Å². The van der Waals surface area contributed by atoms with Gasteiger partial charge in [0, 0.05) is 13.1 Å². The molecule has 0 unspecified atom stereocenters. The second-order valence-electron chi connectivity index (χ2n) is 6.16. The van der Waals surface area contributed by atoms with Crippen LogP contribution >= 0.6 is 0 Å². The normalized spacial score (nSPS) is 17.0. The van der Waals surface area contributed by atoms with E-state index < -0.39 is 39.5 Å². The van der Waals surface area contributed by atoms with Crippen LogP contribution in [0.15, 0.2) is 10.6 Å². The van der Waals surface area contributed by atoms with Crippen molar-refractivity contribution in [1.82, 2.24) is 15.0 Å². The molecule has 1 aromatic heterocycles. The van der Waals surface area contributed by atoms with Gasteiger partial charge in [0.15, 0.2) is 0 Å². The number of nitrogens with zero attached hydrogens (tertiary/aromatic N) is 4. The lowest BCUT2D eigenvalue weighted by Gasteiger charge is -2.29. The van der Waals surface area contributed by atoms with Gasteiger partial charge in [-0.25, -0.2) is 9.18 Å². The van der Waals surface area contributed by atoms with Gasteiger partial charge >= 0.3 is 11.8 Å². The van der Waals surface area contributed by atoms with Gasteiger partial charge in [0.1, 0.15) is 5.82 Å². The third-order valence-corrected chi connectivity index (χ3v) is 4.50. The SMILES string of the molecule is COC(=O)N1CCC[C@@H](c2nc(-c3cc(F)c(C)c([N+](=O)[O-])c3F)no2)C1. The maximum atomic E-state index is 14.5. The number of methoxy groups -OCH3 is 1. The lowest BCUT2D eigenvalue weighted by Crippen LogP contribution is -2.39. The predicted octanol–water partition coefficient (Wildman–Crippen LogP) is 3.18. The molecule has 0 spiro atoms. The molecule has 1 saturated heterocycles. The molecule has 11 heteroatoms. The number of piperidine rings is 1. The van der Waals surface area contributed by atoms with Gasteiger partial charge in [-0.05, 0) is 25.8 Å². The number of hydrogen-bond donors (Lipinski definition) is 0. The van der Waals surface area contributed by atoms with E-state index in [2.05, 4.69) is 14.9 Å². The zero-order valence-corrected chi connectivity index (χ0v) is 14.6. The summed E-state index contributed by atoms with van der Waals surface area (Å²) in [6, 6.07) is 0.800. The van der Waals surface area contributed by atoms with Crippen LogP contribution in [0.4, 0.5) is 19.3 Å². The van der Waals surface area contributed by atoms with Gasteiger partial charge in [-0.2, -0.15) is 9.37 Å². The number of hydrogen-bond acceptors (Lipinski definition) is 7. The number of aromatic nitrogens is 2. The highest BCUT2D eigenvalue weighted by atomic mass is 19.1. The molecule has 9 nitrogen and oxygen atoms in total. The standard InChI is InChI=1S/C16H16F2N4O5/c1-8-11(17)6-10(12(18)13(8)22(24)25)14-19-15(27-20-14)9-4-3-5-21(7-9)16(23)26-2/h6,9H,3-5,7H2,1-2H3/t9-/m1/s1. The molecule has 3 rings (SSSR count). The first kappa shape index (κ1) is 18.7. The van der Waals surface area contributed by atoms with Gasteiger partial charge < -0.3 is 14.2 Å². The Morgan fingerprint density at radius 3 is 2.89 bits per heavy atom. The number of carbonyl (C=O) groups is 1. The minimum atomic E-state index is -1.23. The number of halogens is 2. The van der Waals surface area contributed by atoms with Crippen LogP contribution in [0.3, 0.4) is 0 Å². The van der Waals surface area contributed by atoms with E-state index in [-0.39, 0.29) is 24.2 Å². The van der Waals surface area contributed by atoms with Crippen LogP contribution in [0.2, 0.25) is 0 Å². The minimum Gasteiger partial charge on any atom is -0.453 e. The van der Waals surface area contributed by atoms with Crippen LogP contribution < -0.4 is 0 Å². The monoisotopic (exact) mass is 382 g/mol. The number of likely N-dealkylation sites (tertiary alicyclic amines) is 1. The average Bonchev–Trinajstić information content (AvgIpc) is 3.14. The zero-order chi connectivity index (χ0) is 19.7. The molecule has 0 radical (unpaired) electrons. The Morgan fingerprint density at radius 2 is 2.22 bits per heavy atom. The maximum absolute atomic E-state index is 14.5. The van der Waals surface area contributed by atoms with E-state index in [9.17, 15) is 23.7 Å². The Labute approximate surface area is 152 Å². The Balaban J connectivity index is 1.93. The number of nitro groups is 1. The molecule has 0 bridgehead atoms. The van der Waals surface area contributed by atoms with E-state index in [0.29, 0.717) is 19.4 Å². The van der Waals surface area contributed by atoms with Crippen LogP contribution in [0.1, 0.15) is 30.2 Å². The van der Waals surface area contributed by atoms with Gasteiger partial charge in [-0.15, -0.1) is 0 Å². The Morgan fingerprint density at radius 1 is 1.48 bits per heavy atom. The molecule has 144 valence electrons. The summed E-state index contributed by atoms with van der Waals surface area (Å²) in [7, 11) is 1.28. The van der Waals surface area contributed by atoms with E-state index in [4.69, 9.17) is 4.52 Å². The summed E-state index contributed by atoms with van der Waals surface area (Å²) in [4.78, 5) is 27.3. The number of nitro benzene ring substituents is 1. The van der Waals surface area contributed by atoms with E-state index in [1.807, 2.05) is 0 Å². The molecule has 0 N–H and O–H groups in total. The second kappa shape index (κ2) is 7.25. The van der Waals surface area contributed by atoms with Crippen LogP contribution in [0.5, 0.6) is 0 Å². The topological polar surface area (TPSA) is 112 Å². The predicted molar refractivity (Wildman–Crippen MR) is 87.0 cm³/mol. The fourth-order valence-electron chi connectivity index (χ4n) is 3.07. The smallest absolute Gasteiger partial charge is 0.409 e. The summed E-state index contributed by atoms with van der Waals surface area (Å²) < 4.78 is 38.3. The highest BCUT2D eigenvalue weighted by Crippen LogP contribution is 2.34. The van der Waals surface area contributed by atoms with Gasteiger partial charge in [0.05, 0.1) is 29.1 Å². The molecular formula is C16H16F2N4O5. The van der Waals surface area contributed by atoms with Gasteiger partial charge in [-0.1, -0.05) is 5.16 Å². The molecule has 1 fully saturated rings. The van der Waals surface area contributed by atoms with Crippen LogP contribution in [0, 0.1) is 28.7 Å². The molecule has 1 atom stereocenters. The molecule has 1 aliphatic rings. The summed E-state index contributed by atoms with van der Waals surface area (Å²) in [5, 5.41) is 14.7.